The van der Waals surface area contributed by atoms with Crippen molar-refractivity contribution in [2.45, 2.75) is 0 Å². The van der Waals surface area contributed by atoms with Crippen LogP contribution in [-0.4, -0.2) is 19.9 Å². The predicted molar refractivity (Wildman–Crippen MR) is 95.2 cm³/mol. The Bertz CT molecular complexity index is 1070. The summed E-state index contributed by atoms with van der Waals surface area (Å²) in [6, 6.07) is 6.20. The molecule has 3 N–H and O–H groups in total. The molecular weight excluding hydrogens is 364 g/mol. The van der Waals surface area contributed by atoms with E-state index >= 15 is 0 Å². The zero-order chi connectivity index (χ0) is 17.4. The summed E-state index contributed by atoms with van der Waals surface area (Å²) >= 11 is 0. The van der Waals surface area contributed by atoms with Gasteiger partial charge in [0.2, 0.25) is 0 Å². The van der Waals surface area contributed by atoms with E-state index in [2.05, 4.69) is 19.9 Å². The molecule has 0 fully saturated rings. The van der Waals surface area contributed by atoms with Crippen LogP contribution in [0, 0.1) is 11.6 Å². The zero-order valence-electron chi connectivity index (χ0n) is 13.1. The van der Waals surface area contributed by atoms with Gasteiger partial charge < -0.3 is 15.5 Å². The van der Waals surface area contributed by atoms with Crippen molar-refractivity contribution >= 4 is 29.3 Å². The van der Waals surface area contributed by atoms with Gasteiger partial charge in [0.1, 0.15) is 40.9 Å². The van der Waals surface area contributed by atoms with Crippen LogP contribution in [0.25, 0.3) is 22.3 Å². The fourth-order valence-electron chi connectivity index (χ4n) is 2.55. The van der Waals surface area contributed by atoms with Gasteiger partial charge in [-0.25, -0.2) is 23.7 Å². The molecule has 0 radical (unpaired) electrons. The molecule has 3 heterocycles. The van der Waals surface area contributed by atoms with E-state index in [-0.39, 0.29) is 18.2 Å². The molecule has 0 aliphatic rings. The predicted octanol–water partition coefficient (Wildman–Crippen LogP) is 4.09. The number of nitrogens with one attached hydrogen (secondary N) is 1. The average molecular weight is 376 g/mol. The Hall–Kier alpha value is -3.26. The molecule has 0 aliphatic carbocycles. The molecule has 1 aromatic carbocycles. The third-order valence-corrected chi connectivity index (χ3v) is 3.56. The summed E-state index contributed by atoms with van der Waals surface area (Å²) in [5, 5.41) is 0.616. The summed E-state index contributed by atoms with van der Waals surface area (Å²) in [6.07, 6.45) is 4.59. The number of aromatic nitrogens is 4. The van der Waals surface area contributed by atoms with Gasteiger partial charge in [0.15, 0.2) is 0 Å². The van der Waals surface area contributed by atoms with Crippen LogP contribution in [0.1, 0.15) is 0 Å². The number of fused-ring (bicyclic) bond motifs is 1. The summed E-state index contributed by atoms with van der Waals surface area (Å²) in [5.41, 5.74) is 7.51. The molecule has 0 atom stereocenters. The zero-order valence-corrected chi connectivity index (χ0v) is 13.9. The first-order chi connectivity index (χ1) is 12.1. The normalized spacial score (nSPS) is 10.5. The van der Waals surface area contributed by atoms with Gasteiger partial charge in [0, 0.05) is 42.2 Å². The summed E-state index contributed by atoms with van der Waals surface area (Å²) in [4.78, 5) is 15.3. The van der Waals surface area contributed by atoms with Crippen LogP contribution in [0.5, 0.6) is 11.5 Å². The van der Waals surface area contributed by atoms with E-state index in [1.54, 1.807) is 18.3 Å². The number of ether oxygens (including phenoxy) is 1. The lowest BCUT2D eigenvalue weighted by molar-refractivity contribution is 0.473. The Labute approximate surface area is 152 Å². The molecule has 4 rings (SSSR count). The minimum atomic E-state index is -0.724. The highest BCUT2D eigenvalue weighted by atomic mass is 35.5. The molecule has 0 amide bonds. The Morgan fingerprint density at radius 3 is 2.50 bits per heavy atom. The van der Waals surface area contributed by atoms with E-state index in [4.69, 9.17) is 10.5 Å². The van der Waals surface area contributed by atoms with E-state index in [9.17, 15) is 8.78 Å². The third-order valence-electron chi connectivity index (χ3n) is 3.56. The van der Waals surface area contributed by atoms with Crippen LogP contribution in [-0.2, 0) is 0 Å². The first-order valence-electron chi connectivity index (χ1n) is 7.28. The Morgan fingerprint density at radius 2 is 1.77 bits per heavy atom. The molecule has 4 aromatic rings. The van der Waals surface area contributed by atoms with Gasteiger partial charge in [-0.2, -0.15) is 0 Å². The van der Waals surface area contributed by atoms with Crippen molar-refractivity contribution in [2.75, 3.05) is 5.73 Å². The van der Waals surface area contributed by atoms with Crippen molar-refractivity contribution < 1.29 is 13.5 Å². The molecule has 0 spiro atoms. The number of nitrogens with zero attached hydrogens (tertiary/aromatic N) is 3. The Morgan fingerprint density at radius 1 is 1.00 bits per heavy atom. The number of nitrogen functional groups attached to an aromatic ring is 1. The quantitative estimate of drug-likeness (QED) is 0.562. The number of nitrogens with two attached hydrogens (primary N) is 1. The molecule has 3 aromatic heterocycles. The van der Waals surface area contributed by atoms with Gasteiger partial charge in [-0.1, -0.05) is 0 Å². The minimum Gasteiger partial charge on any atom is -0.456 e. The molecule has 0 aliphatic heterocycles. The van der Waals surface area contributed by atoms with Gasteiger partial charge >= 0.3 is 0 Å². The van der Waals surface area contributed by atoms with E-state index in [0.717, 1.165) is 18.2 Å². The number of pyridine rings is 1. The topological polar surface area (TPSA) is 89.7 Å². The molecular formula is C17H12ClF2N5O. The number of aromatic amines is 1. The second-order valence-corrected chi connectivity index (χ2v) is 5.27. The number of benzene rings is 1. The largest absolute Gasteiger partial charge is 0.456 e. The second kappa shape index (κ2) is 6.93. The molecule has 6 nitrogen and oxygen atoms in total. The van der Waals surface area contributed by atoms with Crippen molar-refractivity contribution in [1.29, 1.82) is 0 Å². The van der Waals surface area contributed by atoms with Crippen molar-refractivity contribution in [3.63, 3.8) is 0 Å². The summed E-state index contributed by atoms with van der Waals surface area (Å²) in [7, 11) is 0. The van der Waals surface area contributed by atoms with Crippen LogP contribution in [0.3, 0.4) is 0 Å². The molecule has 0 bridgehead atoms. The lowest BCUT2D eigenvalue weighted by Gasteiger charge is -2.09. The summed E-state index contributed by atoms with van der Waals surface area (Å²) in [5.74, 6) is -0.711. The van der Waals surface area contributed by atoms with Crippen LogP contribution < -0.4 is 10.5 Å². The maximum atomic E-state index is 13.4. The highest BCUT2D eigenvalue weighted by molar-refractivity contribution is 5.97. The van der Waals surface area contributed by atoms with Crippen molar-refractivity contribution in [1.82, 2.24) is 19.9 Å². The van der Waals surface area contributed by atoms with Crippen LogP contribution in [0.4, 0.5) is 14.6 Å². The van der Waals surface area contributed by atoms with Crippen molar-refractivity contribution in [3.8, 4) is 22.8 Å². The average Bonchev–Trinajstić information content (AvgIpc) is 2.99. The highest BCUT2D eigenvalue weighted by Crippen LogP contribution is 2.36. The molecule has 132 valence electrons. The van der Waals surface area contributed by atoms with Gasteiger partial charge in [-0.05, 0) is 6.07 Å². The van der Waals surface area contributed by atoms with Crippen molar-refractivity contribution in [2.24, 2.45) is 0 Å². The maximum Gasteiger partial charge on any atom is 0.141 e. The fraction of sp³-hybridized carbons (Fsp3) is 0. The van der Waals surface area contributed by atoms with E-state index in [1.807, 2.05) is 0 Å². The lowest BCUT2D eigenvalue weighted by atomic mass is 10.1. The number of rotatable bonds is 3. The summed E-state index contributed by atoms with van der Waals surface area (Å²) < 4.78 is 32.5. The first-order valence-corrected chi connectivity index (χ1v) is 7.28. The minimum absolute atomic E-state index is 0. The second-order valence-electron chi connectivity index (χ2n) is 5.27. The molecule has 9 heteroatoms. The molecule has 26 heavy (non-hydrogen) atoms. The van der Waals surface area contributed by atoms with Crippen LogP contribution in [0.2, 0.25) is 0 Å². The number of halogens is 3. The number of anilines is 1. The molecule has 0 saturated carbocycles. The highest BCUT2D eigenvalue weighted by Gasteiger charge is 2.15. The van der Waals surface area contributed by atoms with E-state index < -0.39 is 11.6 Å². The monoisotopic (exact) mass is 375 g/mol. The van der Waals surface area contributed by atoms with Crippen LogP contribution >= 0.6 is 12.4 Å². The van der Waals surface area contributed by atoms with E-state index in [0.29, 0.717) is 33.9 Å². The Balaban J connectivity index is 0.00000196. The van der Waals surface area contributed by atoms with Gasteiger partial charge in [0.25, 0.3) is 0 Å². The standard InChI is InChI=1S/C17H11F2N5O.ClH/c18-9-3-10(19)5-11(4-9)25-14-1-2-21-17-16(14)12(7-22-17)13-6-15(20)24-8-23-13;/h1-8H,(H,21,22)(H2,20,23,24);1H. The first kappa shape index (κ1) is 17.6. The molecule has 0 saturated heterocycles. The third kappa shape index (κ3) is 3.27. The van der Waals surface area contributed by atoms with Gasteiger partial charge in [-0.3, -0.25) is 0 Å². The van der Waals surface area contributed by atoms with E-state index in [1.165, 1.54) is 12.5 Å². The maximum absolute atomic E-state index is 13.4. The number of hydrogen-bond acceptors (Lipinski definition) is 5. The van der Waals surface area contributed by atoms with Crippen LogP contribution in [0.15, 0.2) is 49.1 Å². The fourth-order valence-corrected chi connectivity index (χ4v) is 2.55. The lowest BCUT2D eigenvalue weighted by Crippen LogP contribution is -1.93. The number of hydrogen-bond donors (Lipinski definition) is 2. The van der Waals surface area contributed by atoms with Gasteiger partial charge in [-0.15, -0.1) is 12.4 Å². The summed E-state index contributed by atoms with van der Waals surface area (Å²) in [6.45, 7) is 0. The Kier molecular flexibility index (Phi) is 4.68. The molecule has 0 unspecified atom stereocenters. The smallest absolute Gasteiger partial charge is 0.141 e. The number of H-pyrrole nitrogens is 1. The van der Waals surface area contributed by atoms with Crippen molar-refractivity contribution in [3.05, 3.63) is 60.7 Å². The SMILES string of the molecule is Cl.Nc1cc(-c2c[nH]c3nccc(Oc4cc(F)cc(F)c4)c23)ncn1. The van der Waals surface area contributed by atoms with Gasteiger partial charge in [0.05, 0.1) is 11.1 Å².